The Morgan fingerprint density at radius 2 is 2.05 bits per heavy atom. The predicted molar refractivity (Wildman–Crippen MR) is 84.7 cm³/mol. The monoisotopic (exact) mass is 331 g/mol. The second kappa shape index (κ2) is 6.89. The van der Waals surface area contributed by atoms with Crippen LogP contribution in [-0.2, 0) is 6.54 Å². The van der Waals surface area contributed by atoms with E-state index in [1.165, 1.54) is 0 Å². The van der Waals surface area contributed by atoms with Crippen molar-refractivity contribution in [2.75, 3.05) is 17.2 Å². The zero-order chi connectivity index (χ0) is 14.4. The molecule has 0 saturated carbocycles. The van der Waals surface area contributed by atoms with E-state index in [2.05, 4.69) is 42.5 Å². The molecule has 1 aromatic carbocycles. The molecule has 0 aliphatic rings. The minimum atomic E-state index is 0.403. The fraction of sp³-hybridized carbons (Fsp3) is 0.143. The molecule has 2 rings (SSSR count). The molecular weight excluding hydrogens is 318 g/mol. The first kappa shape index (κ1) is 14.3. The van der Waals surface area contributed by atoms with Crippen molar-refractivity contribution in [1.29, 1.82) is 0 Å². The summed E-state index contributed by atoms with van der Waals surface area (Å²) in [5, 5.41) is 6.14. The van der Waals surface area contributed by atoms with Crippen LogP contribution in [0.5, 0.6) is 0 Å². The molecule has 102 valence electrons. The number of terminal acetylenes is 1. The quantitative estimate of drug-likeness (QED) is 0.734. The smallest absolute Gasteiger partial charge is 0.229 e. The van der Waals surface area contributed by atoms with Crippen LogP contribution in [0.15, 0.2) is 34.9 Å². The van der Waals surface area contributed by atoms with Crippen LogP contribution in [-0.4, -0.2) is 16.5 Å². The largest absolute Gasteiger partial charge is 0.358 e. The number of benzene rings is 1. The zero-order valence-corrected chi connectivity index (χ0v) is 12.3. The molecule has 1 heterocycles. The van der Waals surface area contributed by atoms with E-state index in [1.807, 2.05) is 24.3 Å². The number of nitrogens with one attached hydrogen (secondary N) is 2. The first-order valence-electron chi connectivity index (χ1n) is 5.99. The van der Waals surface area contributed by atoms with Crippen molar-refractivity contribution in [3.8, 4) is 12.3 Å². The molecule has 0 saturated heterocycles. The first-order chi connectivity index (χ1) is 9.72. The predicted octanol–water partition coefficient (Wildman–Crippen LogP) is 2.49. The van der Waals surface area contributed by atoms with Gasteiger partial charge in [0.05, 0.1) is 11.0 Å². The summed E-state index contributed by atoms with van der Waals surface area (Å²) in [6, 6.07) is 7.78. The molecule has 0 spiro atoms. The van der Waals surface area contributed by atoms with Gasteiger partial charge in [-0.25, -0.2) is 4.98 Å². The fourth-order valence-electron chi connectivity index (χ4n) is 1.54. The van der Waals surface area contributed by atoms with Crippen LogP contribution in [0.2, 0.25) is 0 Å². The van der Waals surface area contributed by atoms with Gasteiger partial charge in [-0.15, -0.1) is 6.42 Å². The molecule has 0 fully saturated rings. The highest BCUT2D eigenvalue weighted by Crippen LogP contribution is 2.21. The molecule has 2 aromatic rings. The van der Waals surface area contributed by atoms with E-state index in [4.69, 9.17) is 12.2 Å². The average molecular weight is 332 g/mol. The molecule has 1 aromatic heterocycles. The fourth-order valence-corrected chi connectivity index (χ4v) is 1.87. The minimum Gasteiger partial charge on any atom is -0.358 e. The van der Waals surface area contributed by atoms with E-state index in [9.17, 15) is 0 Å². The van der Waals surface area contributed by atoms with Crippen molar-refractivity contribution >= 4 is 33.4 Å². The second-order valence-corrected chi connectivity index (χ2v) is 4.83. The van der Waals surface area contributed by atoms with Gasteiger partial charge < -0.3 is 16.4 Å². The minimum absolute atomic E-state index is 0.403. The van der Waals surface area contributed by atoms with Gasteiger partial charge in [-0.1, -0.05) is 18.1 Å². The van der Waals surface area contributed by atoms with Gasteiger partial charge in [-0.05, 0) is 33.6 Å². The Morgan fingerprint density at radius 3 is 2.70 bits per heavy atom. The normalized spacial score (nSPS) is 9.85. The maximum atomic E-state index is 5.56. The Morgan fingerprint density at radius 1 is 1.30 bits per heavy atom. The molecule has 0 amide bonds. The van der Waals surface area contributed by atoms with Gasteiger partial charge in [0, 0.05) is 18.4 Å². The van der Waals surface area contributed by atoms with E-state index in [1.54, 1.807) is 6.20 Å². The van der Waals surface area contributed by atoms with Crippen LogP contribution in [0.1, 0.15) is 5.56 Å². The van der Waals surface area contributed by atoms with Crippen molar-refractivity contribution < 1.29 is 0 Å². The van der Waals surface area contributed by atoms with Gasteiger partial charge in [0.25, 0.3) is 0 Å². The summed E-state index contributed by atoms with van der Waals surface area (Å²) in [6.45, 7) is 0.926. The second-order valence-electron chi connectivity index (χ2n) is 3.97. The maximum Gasteiger partial charge on any atom is 0.229 e. The van der Waals surface area contributed by atoms with Crippen LogP contribution in [0.25, 0.3) is 0 Å². The Bertz CT molecular complexity index is 618. The SMILES string of the molecule is C#CCNc1nc(Nc2ccc(CN)cc2)ncc1Br. The molecular formula is C14H14BrN5. The third-order valence-electron chi connectivity index (χ3n) is 2.55. The highest BCUT2D eigenvalue weighted by molar-refractivity contribution is 9.10. The van der Waals surface area contributed by atoms with Gasteiger partial charge in [0.2, 0.25) is 5.95 Å². The van der Waals surface area contributed by atoms with Crippen LogP contribution in [0.3, 0.4) is 0 Å². The third kappa shape index (κ3) is 3.70. The molecule has 0 aliphatic carbocycles. The molecule has 0 atom stereocenters. The number of nitrogens with zero attached hydrogens (tertiary/aromatic N) is 2. The Labute approximate surface area is 126 Å². The summed E-state index contributed by atoms with van der Waals surface area (Å²) in [5.41, 5.74) is 7.53. The van der Waals surface area contributed by atoms with Gasteiger partial charge in [0.15, 0.2) is 0 Å². The average Bonchev–Trinajstić information content (AvgIpc) is 2.48. The number of anilines is 3. The Hall–Kier alpha value is -2.10. The van der Waals surface area contributed by atoms with Gasteiger partial charge >= 0.3 is 0 Å². The van der Waals surface area contributed by atoms with E-state index >= 15 is 0 Å². The lowest BCUT2D eigenvalue weighted by Gasteiger charge is -2.09. The lowest BCUT2D eigenvalue weighted by Crippen LogP contribution is -2.05. The van der Waals surface area contributed by atoms with Crippen LogP contribution < -0.4 is 16.4 Å². The van der Waals surface area contributed by atoms with Crippen molar-refractivity contribution in [3.63, 3.8) is 0 Å². The molecule has 0 radical (unpaired) electrons. The summed E-state index contributed by atoms with van der Waals surface area (Å²) < 4.78 is 0.761. The topological polar surface area (TPSA) is 75.9 Å². The van der Waals surface area contributed by atoms with Crippen molar-refractivity contribution in [2.24, 2.45) is 5.73 Å². The van der Waals surface area contributed by atoms with Gasteiger partial charge in [-0.2, -0.15) is 4.98 Å². The molecule has 6 heteroatoms. The Kier molecular flexibility index (Phi) is 4.93. The summed E-state index contributed by atoms with van der Waals surface area (Å²) in [5.74, 6) is 3.65. The summed E-state index contributed by atoms with van der Waals surface area (Å²) in [6.07, 6.45) is 6.89. The molecule has 4 N–H and O–H groups in total. The number of halogens is 1. The zero-order valence-electron chi connectivity index (χ0n) is 10.7. The van der Waals surface area contributed by atoms with Crippen molar-refractivity contribution in [2.45, 2.75) is 6.54 Å². The third-order valence-corrected chi connectivity index (χ3v) is 3.13. The van der Waals surface area contributed by atoms with Crippen LogP contribution in [0.4, 0.5) is 17.5 Å². The van der Waals surface area contributed by atoms with Crippen molar-refractivity contribution in [3.05, 3.63) is 40.5 Å². The Balaban J connectivity index is 2.14. The first-order valence-corrected chi connectivity index (χ1v) is 6.78. The van der Waals surface area contributed by atoms with E-state index < -0.39 is 0 Å². The number of nitrogens with two attached hydrogens (primary N) is 1. The van der Waals surface area contributed by atoms with E-state index in [-0.39, 0.29) is 0 Å². The number of aromatic nitrogens is 2. The molecule has 0 aliphatic heterocycles. The highest BCUT2D eigenvalue weighted by atomic mass is 79.9. The molecule has 0 unspecified atom stereocenters. The summed E-state index contributed by atoms with van der Waals surface area (Å²) in [7, 11) is 0. The van der Waals surface area contributed by atoms with Crippen molar-refractivity contribution in [1.82, 2.24) is 9.97 Å². The van der Waals surface area contributed by atoms with Gasteiger partial charge in [-0.3, -0.25) is 0 Å². The summed E-state index contributed by atoms with van der Waals surface area (Å²) in [4.78, 5) is 8.55. The maximum absolute atomic E-state index is 5.56. The molecule has 5 nitrogen and oxygen atoms in total. The molecule has 0 bridgehead atoms. The van der Waals surface area contributed by atoms with E-state index in [0.29, 0.717) is 24.9 Å². The molecule has 20 heavy (non-hydrogen) atoms. The van der Waals surface area contributed by atoms with Crippen LogP contribution >= 0.6 is 15.9 Å². The summed E-state index contributed by atoms with van der Waals surface area (Å²) >= 11 is 3.37. The number of hydrogen-bond acceptors (Lipinski definition) is 5. The lowest BCUT2D eigenvalue weighted by atomic mass is 10.2. The number of hydrogen-bond donors (Lipinski definition) is 3. The van der Waals surface area contributed by atoms with Crippen LogP contribution in [0, 0.1) is 12.3 Å². The lowest BCUT2D eigenvalue weighted by molar-refractivity contribution is 1.07. The standard InChI is InChI=1S/C14H14BrN5/c1-2-7-17-13-12(15)9-18-14(20-13)19-11-5-3-10(8-16)4-6-11/h1,3-6,9H,7-8,16H2,(H2,17,18,19,20). The number of rotatable bonds is 5. The van der Waals surface area contributed by atoms with E-state index in [0.717, 1.165) is 15.7 Å². The van der Waals surface area contributed by atoms with Gasteiger partial charge in [0.1, 0.15) is 5.82 Å². The highest BCUT2D eigenvalue weighted by Gasteiger charge is 2.04.